The summed E-state index contributed by atoms with van der Waals surface area (Å²) in [4.78, 5) is 14.8. The highest BCUT2D eigenvalue weighted by atomic mass is 16.1. The van der Waals surface area contributed by atoms with Crippen molar-refractivity contribution in [3.05, 3.63) is 0 Å². The lowest BCUT2D eigenvalue weighted by Gasteiger charge is -2.34. The molecule has 0 amide bonds. The molecule has 1 aliphatic carbocycles. The Hall–Kier alpha value is -0.370. The lowest BCUT2D eigenvalue weighted by molar-refractivity contribution is -0.123. The molecule has 2 heteroatoms. The van der Waals surface area contributed by atoms with Crippen LogP contribution >= 0.6 is 0 Å². The zero-order valence-corrected chi connectivity index (χ0v) is 13.5. The number of nitrogens with zero attached hydrogens (tertiary/aromatic N) is 1. The van der Waals surface area contributed by atoms with E-state index in [0.29, 0.717) is 23.7 Å². The molecule has 0 bridgehead atoms. The first-order valence-corrected chi connectivity index (χ1v) is 8.35. The van der Waals surface area contributed by atoms with Crippen molar-refractivity contribution in [3.63, 3.8) is 0 Å². The zero-order valence-electron chi connectivity index (χ0n) is 13.5. The van der Waals surface area contributed by atoms with Gasteiger partial charge in [0.2, 0.25) is 0 Å². The summed E-state index contributed by atoms with van der Waals surface area (Å²) < 4.78 is 0. The SMILES string of the molecule is CCC(CC)N(CC(C)C)CC1CCCCCC1=O. The third-order valence-electron chi connectivity index (χ3n) is 4.44. The highest BCUT2D eigenvalue weighted by molar-refractivity contribution is 5.81. The number of carbonyl (C=O) groups is 1. The number of rotatable bonds is 7. The van der Waals surface area contributed by atoms with E-state index in [0.717, 1.165) is 32.4 Å². The fourth-order valence-electron chi connectivity index (χ4n) is 3.35. The molecule has 1 unspecified atom stereocenters. The van der Waals surface area contributed by atoms with Gasteiger partial charge >= 0.3 is 0 Å². The van der Waals surface area contributed by atoms with Gasteiger partial charge in [0, 0.05) is 31.5 Å². The summed E-state index contributed by atoms with van der Waals surface area (Å²) in [5.41, 5.74) is 0. The van der Waals surface area contributed by atoms with Crippen LogP contribution in [0.15, 0.2) is 0 Å². The third-order valence-corrected chi connectivity index (χ3v) is 4.44. The molecule has 0 aromatic heterocycles. The number of ketones is 1. The summed E-state index contributed by atoms with van der Waals surface area (Å²) in [5, 5.41) is 0. The Kier molecular flexibility index (Phi) is 7.67. The quantitative estimate of drug-likeness (QED) is 0.642. The van der Waals surface area contributed by atoms with Crippen molar-refractivity contribution in [2.24, 2.45) is 11.8 Å². The molecule has 0 aliphatic heterocycles. The largest absolute Gasteiger partial charge is 0.299 e. The van der Waals surface area contributed by atoms with Crippen LogP contribution in [-0.4, -0.2) is 29.8 Å². The van der Waals surface area contributed by atoms with Crippen LogP contribution in [0.1, 0.15) is 72.6 Å². The minimum atomic E-state index is 0.307. The van der Waals surface area contributed by atoms with Crippen LogP contribution in [0.5, 0.6) is 0 Å². The maximum absolute atomic E-state index is 12.2. The molecule has 1 aliphatic rings. The normalized spacial score (nSPS) is 21.4. The molecule has 1 atom stereocenters. The summed E-state index contributed by atoms with van der Waals surface area (Å²) in [6.45, 7) is 11.3. The number of carbonyl (C=O) groups excluding carboxylic acids is 1. The van der Waals surface area contributed by atoms with E-state index >= 15 is 0 Å². The number of Topliss-reactive ketones (excluding diaryl/α,β-unsaturated/α-hetero) is 1. The van der Waals surface area contributed by atoms with Gasteiger partial charge in [-0.2, -0.15) is 0 Å². The Bertz CT molecular complexity index is 258. The van der Waals surface area contributed by atoms with Crippen molar-refractivity contribution >= 4 is 5.78 Å². The van der Waals surface area contributed by atoms with Gasteiger partial charge in [0.1, 0.15) is 5.78 Å². The van der Waals surface area contributed by atoms with Gasteiger partial charge in [0.05, 0.1) is 0 Å². The minimum Gasteiger partial charge on any atom is -0.299 e. The topological polar surface area (TPSA) is 20.3 Å². The summed E-state index contributed by atoms with van der Waals surface area (Å²) in [6.07, 6.45) is 7.95. The second-order valence-corrected chi connectivity index (χ2v) is 6.58. The molecule has 0 N–H and O–H groups in total. The average Bonchev–Trinajstić information content (AvgIpc) is 2.56. The van der Waals surface area contributed by atoms with Gasteiger partial charge < -0.3 is 0 Å². The Morgan fingerprint density at radius 3 is 2.42 bits per heavy atom. The lowest BCUT2D eigenvalue weighted by Crippen LogP contribution is -2.42. The average molecular weight is 267 g/mol. The molecule has 1 rings (SSSR count). The monoisotopic (exact) mass is 267 g/mol. The fraction of sp³-hybridized carbons (Fsp3) is 0.941. The van der Waals surface area contributed by atoms with E-state index in [-0.39, 0.29) is 0 Å². The van der Waals surface area contributed by atoms with Gasteiger partial charge in [-0.15, -0.1) is 0 Å². The minimum absolute atomic E-state index is 0.307. The van der Waals surface area contributed by atoms with Crippen LogP contribution in [0, 0.1) is 11.8 Å². The highest BCUT2D eigenvalue weighted by Crippen LogP contribution is 2.23. The smallest absolute Gasteiger partial charge is 0.137 e. The molecule has 1 fully saturated rings. The number of hydrogen-bond acceptors (Lipinski definition) is 2. The van der Waals surface area contributed by atoms with E-state index in [1.54, 1.807) is 0 Å². The van der Waals surface area contributed by atoms with Gasteiger partial charge in [0.15, 0.2) is 0 Å². The molecule has 0 saturated heterocycles. The van der Waals surface area contributed by atoms with Crippen LogP contribution in [0.3, 0.4) is 0 Å². The van der Waals surface area contributed by atoms with Crippen molar-refractivity contribution in [3.8, 4) is 0 Å². The zero-order chi connectivity index (χ0) is 14.3. The number of hydrogen-bond donors (Lipinski definition) is 0. The third kappa shape index (κ3) is 5.64. The van der Waals surface area contributed by atoms with Crippen LogP contribution in [0.25, 0.3) is 0 Å². The van der Waals surface area contributed by atoms with E-state index < -0.39 is 0 Å². The van der Waals surface area contributed by atoms with Crippen molar-refractivity contribution < 1.29 is 4.79 Å². The molecule has 0 aromatic rings. The highest BCUT2D eigenvalue weighted by Gasteiger charge is 2.26. The van der Waals surface area contributed by atoms with Gasteiger partial charge in [0.25, 0.3) is 0 Å². The molecule has 2 nitrogen and oxygen atoms in total. The van der Waals surface area contributed by atoms with Crippen LogP contribution in [-0.2, 0) is 4.79 Å². The van der Waals surface area contributed by atoms with Crippen molar-refractivity contribution in [1.82, 2.24) is 4.90 Å². The summed E-state index contributed by atoms with van der Waals surface area (Å²) in [5.74, 6) is 1.51. The van der Waals surface area contributed by atoms with Crippen molar-refractivity contribution in [1.29, 1.82) is 0 Å². The fourth-order valence-corrected chi connectivity index (χ4v) is 3.35. The van der Waals surface area contributed by atoms with Gasteiger partial charge in [-0.25, -0.2) is 0 Å². The van der Waals surface area contributed by atoms with Crippen molar-refractivity contribution in [2.75, 3.05) is 13.1 Å². The Balaban J connectivity index is 2.65. The molecule has 0 aromatic carbocycles. The standard InChI is InChI=1S/C17H33NO/c1-5-16(6-2)18(12-14(3)4)13-15-10-8-7-9-11-17(15)19/h14-16H,5-13H2,1-4H3. The first kappa shape index (κ1) is 16.7. The van der Waals surface area contributed by atoms with E-state index in [9.17, 15) is 4.79 Å². The Morgan fingerprint density at radius 1 is 1.16 bits per heavy atom. The summed E-state index contributed by atoms with van der Waals surface area (Å²) in [7, 11) is 0. The second kappa shape index (κ2) is 8.73. The van der Waals surface area contributed by atoms with E-state index in [2.05, 4.69) is 32.6 Å². The molecule has 0 spiro atoms. The summed E-state index contributed by atoms with van der Waals surface area (Å²) >= 11 is 0. The maximum Gasteiger partial charge on any atom is 0.137 e. The first-order chi connectivity index (χ1) is 9.08. The molecular formula is C17H33NO. The lowest BCUT2D eigenvalue weighted by atomic mass is 9.96. The van der Waals surface area contributed by atoms with Gasteiger partial charge in [-0.05, 0) is 31.6 Å². The molecule has 0 radical (unpaired) electrons. The Morgan fingerprint density at radius 2 is 1.84 bits per heavy atom. The Labute approximate surface area is 119 Å². The van der Waals surface area contributed by atoms with E-state index in [1.165, 1.54) is 25.7 Å². The molecule has 112 valence electrons. The summed E-state index contributed by atoms with van der Waals surface area (Å²) in [6, 6.07) is 0.651. The van der Waals surface area contributed by atoms with Crippen LogP contribution < -0.4 is 0 Å². The predicted octanol–water partition coefficient (Wildman–Crippen LogP) is 4.28. The van der Waals surface area contributed by atoms with E-state index in [4.69, 9.17) is 0 Å². The molecular weight excluding hydrogens is 234 g/mol. The molecule has 1 saturated carbocycles. The predicted molar refractivity (Wildman–Crippen MR) is 82.4 cm³/mol. The van der Waals surface area contributed by atoms with Crippen LogP contribution in [0.4, 0.5) is 0 Å². The van der Waals surface area contributed by atoms with E-state index in [1.807, 2.05) is 0 Å². The van der Waals surface area contributed by atoms with Crippen molar-refractivity contribution in [2.45, 2.75) is 78.7 Å². The van der Waals surface area contributed by atoms with Gasteiger partial charge in [-0.1, -0.05) is 40.5 Å². The second-order valence-electron chi connectivity index (χ2n) is 6.58. The molecule has 0 heterocycles. The molecule has 19 heavy (non-hydrogen) atoms. The maximum atomic E-state index is 12.2. The first-order valence-electron chi connectivity index (χ1n) is 8.35. The van der Waals surface area contributed by atoms with Gasteiger partial charge in [-0.3, -0.25) is 9.69 Å². The van der Waals surface area contributed by atoms with Crippen LogP contribution in [0.2, 0.25) is 0 Å².